The van der Waals surface area contributed by atoms with Crippen molar-refractivity contribution in [3.63, 3.8) is 0 Å². The van der Waals surface area contributed by atoms with Gasteiger partial charge < -0.3 is 10.6 Å². The van der Waals surface area contributed by atoms with Crippen LogP contribution in [0.25, 0.3) is 0 Å². The number of benzene rings is 1. The van der Waals surface area contributed by atoms with E-state index in [2.05, 4.69) is 4.84 Å². The first-order valence-corrected chi connectivity index (χ1v) is 3.50. The van der Waals surface area contributed by atoms with Gasteiger partial charge in [-0.2, -0.15) is 5.48 Å². The number of hydrogen-bond acceptors (Lipinski definition) is 4. The van der Waals surface area contributed by atoms with Crippen molar-refractivity contribution in [1.29, 1.82) is 0 Å². The standard InChI is InChI=1S/C8H8N2O3/c9-7-3-1-2-6(4-7)8(12)13-10-5-11/h1-5H,9H2,(H,10,11). The van der Waals surface area contributed by atoms with Gasteiger partial charge in [0.15, 0.2) is 0 Å². The topological polar surface area (TPSA) is 81.4 Å². The van der Waals surface area contributed by atoms with Gasteiger partial charge in [0.2, 0.25) is 6.41 Å². The number of hydrogen-bond donors (Lipinski definition) is 2. The van der Waals surface area contributed by atoms with Gasteiger partial charge in [-0.1, -0.05) is 6.07 Å². The molecule has 1 aromatic rings. The molecule has 0 saturated carbocycles. The molecular formula is C8H8N2O3. The van der Waals surface area contributed by atoms with Gasteiger partial charge in [0.25, 0.3) is 0 Å². The zero-order valence-electron chi connectivity index (χ0n) is 6.69. The van der Waals surface area contributed by atoms with E-state index in [1.165, 1.54) is 12.1 Å². The summed E-state index contributed by atoms with van der Waals surface area (Å²) in [6.07, 6.45) is 0.268. The summed E-state index contributed by atoms with van der Waals surface area (Å²) in [4.78, 5) is 25.2. The van der Waals surface area contributed by atoms with Crippen molar-refractivity contribution < 1.29 is 14.4 Å². The fourth-order valence-electron chi connectivity index (χ4n) is 0.802. The molecule has 3 N–H and O–H groups in total. The third-order valence-corrected chi connectivity index (χ3v) is 1.32. The summed E-state index contributed by atoms with van der Waals surface area (Å²) in [7, 11) is 0. The van der Waals surface area contributed by atoms with Crippen LogP contribution in [0.1, 0.15) is 10.4 Å². The van der Waals surface area contributed by atoms with Crippen molar-refractivity contribution in [2.45, 2.75) is 0 Å². The molecular weight excluding hydrogens is 172 g/mol. The zero-order valence-corrected chi connectivity index (χ0v) is 6.69. The first-order chi connectivity index (χ1) is 6.24. The van der Waals surface area contributed by atoms with Gasteiger partial charge in [0.05, 0.1) is 5.56 Å². The van der Waals surface area contributed by atoms with Gasteiger partial charge in [-0.15, -0.1) is 0 Å². The van der Waals surface area contributed by atoms with Crippen LogP contribution < -0.4 is 11.2 Å². The Morgan fingerprint density at radius 1 is 1.54 bits per heavy atom. The van der Waals surface area contributed by atoms with Crippen molar-refractivity contribution in [3.8, 4) is 0 Å². The van der Waals surface area contributed by atoms with E-state index in [9.17, 15) is 9.59 Å². The second kappa shape index (κ2) is 4.10. The lowest BCUT2D eigenvalue weighted by atomic mass is 10.2. The number of nitrogens with two attached hydrogens (primary N) is 1. The van der Waals surface area contributed by atoms with Gasteiger partial charge in [-0.3, -0.25) is 4.79 Å². The van der Waals surface area contributed by atoms with Crippen molar-refractivity contribution >= 4 is 18.1 Å². The highest BCUT2D eigenvalue weighted by Gasteiger charge is 2.06. The number of anilines is 1. The van der Waals surface area contributed by atoms with Crippen LogP contribution in [-0.2, 0) is 9.63 Å². The molecule has 0 saturated heterocycles. The van der Waals surface area contributed by atoms with E-state index in [-0.39, 0.29) is 12.0 Å². The fraction of sp³-hybridized carbons (Fsp3) is 0. The molecule has 0 unspecified atom stereocenters. The predicted octanol–water partition coefficient (Wildman–Crippen LogP) is 0.0866. The molecule has 1 rings (SSSR count). The zero-order chi connectivity index (χ0) is 9.68. The number of hydroxylamine groups is 1. The van der Waals surface area contributed by atoms with Crippen molar-refractivity contribution in [1.82, 2.24) is 5.48 Å². The Kier molecular flexibility index (Phi) is 2.86. The maximum atomic E-state index is 11.1. The summed E-state index contributed by atoms with van der Waals surface area (Å²) in [6.45, 7) is 0. The molecule has 0 fully saturated rings. The molecule has 0 aliphatic heterocycles. The van der Waals surface area contributed by atoms with Crippen molar-refractivity contribution in [2.24, 2.45) is 0 Å². The number of rotatable bonds is 3. The van der Waals surface area contributed by atoms with Crippen LogP contribution in [0.3, 0.4) is 0 Å². The number of nitrogen functional groups attached to an aromatic ring is 1. The van der Waals surface area contributed by atoms with E-state index >= 15 is 0 Å². The smallest absolute Gasteiger partial charge is 0.363 e. The van der Waals surface area contributed by atoms with Crippen LogP contribution in [0.5, 0.6) is 0 Å². The minimum atomic E-state index is -0.653. The lowest BCUT2D eigenvalue weighted by Crippen LogP contribution is -2.18. The fourth-order valence-corrected chi connectivity index (χ4v) is 0.802. The Bertz CT molecular complexity index is 325. The van der Waals surface area contributed by atoms with Crippen LogP contribution in [0.15, 0.2) is 24.3 Å². The van der Waals surface area contributed by atoms with Crippen LogP contribution in [0.4, 0.5) is 5.69 Å². The SMILES string of the molecule is Nc1cccc(C(=O)ONC=O)c1. The van der Waals surface area contributed by atoms with E-state index in [4.69, 9.17) is 5.73 Å². The van der Waals surface area contributed by atoms with Gasteiger partial charge in [-0.25, -0.2) is 4.79 Å². The summed E-state index contributed by atoms with van der Waals surface area (Å²) in [5.41, 5.74) is 7.97. The van der Waals surface area contributed by atoms with E-state index in [1.54, 1.807) is 17.6 Å². The first kappa shape index (κ1) is 9.05. The maximum Gasteiger partial charge on any atom is 0.363 e. The van der Waals surface area contributed by atoms with Crippen molar-refractivity contribution in [3.05, 3.63) is 29.8 Å². The molecule has 0 atom stereocenters. The summed E-state index contributed by atoms with van der Waals surface area (Å²) in [5, 5.41) is 0. The van der Waals surface area contributed by atoms with Crippen LogP contribution in [-0.4, -0.2) is 12.4 Å². The van der Waals surface area contributed by atoms with E-state index in [1.807, 2.05) is 0 Å². The van der Waals surface area contributed by atoms with Gasteiger partial charge in [0, 0.05) is 5.69 Å². The Morgan fingerprint density at radius 2 is 2.31 bits per heavy atom. The predicted molar refractivity (Wildman–Crippen MR) is 45.5 cm³/mol. The Labute approximate surface area is 74.4 Å². The highest BCUT2D eigenvalue weighted by atomic mass is 16.7. The molecule has 0 aliphatic rings. The van der Waals surface area contributed by atoms with E-state index in [0.717, 1.165) is 0 Å². The molecule has 13 heavy (non-hydrogen) atoms. The largest absolute Gasteiger partial charge is 0.399 e. The Morgan fingerprint density at radius 3 is 2.92 bits per heavy atom. The maximum absolute atomic E-state index is 11.1. The van der Waals surface area contributed by atoms with Crippen LogP contribution in [0.2, 0.25) is 0 Å². The van der Waals surface area contributed by atoms with Gasteiger partial charge in [0.1, 0.15) is 0 Å². The average molecular weight is 180 g/mol. The molecule has 0 radical (unpaired) electrons. The third kappa shape index (κ3) is 2.48. The summed E-state index contributed by atoms with van der Waals surface area (Å²) in [5.74, 6) is -0.653. The minimum absolute atomic E-state index is 0.268. The molecule has 0 bridgehead atoms. The molecule has 0 spiro atoms. The minimum Gasteiger partial charge on any atom is -0.399 e. The normalized spacial score (nSPS) is 8.92. The lowest BCUT2D eigenvalue weighted by molar-refractivity contribution is -0.117. The molecule has 5 heteroatoms. The lowest BCUT2D eigenvalue weighted by Gasteiger charge is -2.00. The highest BCUT2D eigenvalue weighted by molar-refractivity contribution is 5.90. The second-order valence-corrected chi connectivity index (χ2v) is 2.25. The van der Waals surface area contributed by atoms with E-state index < -0.39 is 5.97 Å². The number of carbonyl (C=O) groups excluding carboxylic acids is 2. The summed E-state index contributed by atoms with van der Waals surface area (Å²) < 4.78 is 0. The summed E-state index contributed by atoms with van der Waals surface area (Å²) >= 11 is 0. The van der Waals surface area contributed by atoms with E-state index in [0.29, 0.717) is 5.69 Å². The highest BCUT2D eigenvalue weighted by Crippen LogP contribution is 2.06. The third-order valence-electron chi connectivity index (χ3n) is 1.32. The first-order valence-electron chi connectivity index (χ1n) is 3.50. The molecule has 1 amide bonds. The van der Waals surface area contributed by atoms with Crippen LogP contribution >= 0.6 is 0 Å². The quantitative estimate of drug-likeness (QED) is 0.392. The van der Waals surface area contributed by atoms with Crippen LogP contribution in [0, 0.1) is 0 Å². The molecule has 68 valence electrons. The average Bonchev–Trinajstić information content (AvgIpc) is 2.14. The molecule has 1 aromatic carbocycles. The van der Waals surface area contributed by atoms with Crippen molar-refractivity contribution in [2.75, 3.05) is 5.73 Å². The Hall–Kier alpha value is -2.04. The molecule has 0 aromatic heterocycles. The number of nitrogens with one attached hydrogen (secondary N) is 1. The molecule has 5 nitrogen and oxygen atoms in total. The number of amides is 1. The monoisotopic (exact) mass is 180 g/mol. The Balaban J connectivity index is 2.71. The van der Waals surface area contributed by atoms with Gasteiger partial charge in [-0.05, 0) is 18.2 Å². The number of carbonyl (C=O) groups is 2. The second-order valence-electron chi connectivity index (χ2n) is 2.25. The summed E-state index contributed by atoms with van der Waals surface area (Å²) in [6, 6.07) is 6.25. The van der Waals surface area contributed by atoms with Gasteiger partial charge >= 0.3 is 5.97 Å². The molecule has 0 aliphatic carbocycles. The molecule has 0 heterocycles.